The molecule has 1 N–H and O–H groups in total. The third kappa shape index (κ3) is 4.53. The Hall–Kier alpha value is -1.49. The van der Waals surface area contributed by atoms with E-state index in [1.54, 1.807) is 11.8 Å². The van der Waals surface area contributed by atoms with Crippen molar-refractivity contribution in [1.29, 1.82) is 0 Å². The van der Waals surface area contributed by atoms with Gasteiger partial charge >= 0.3 is 6.09 Å². The summed E-state index contributed by atoms with van der Waals surface area (Å²) in [6.45, 7) is 8.71. The zero-order valence-corrected chi connectivity index (χ0v) is 16.1. The van der Waals surface area contributed by atoms with Crippen molar-refractivity contribution in [3.63, 3.8) is 0 Å². The Balaban J connectivity index is 2.10. The predicted octanol–water partition coefficient (Wildman–Crippen LogP) is 4.72. The average Bonchev–Trinajstić information content (AvgIpc) is 2.94. The molecule has 1 aliphatic rings. The number of amides is 1. The molecule has 1 atom stereocenters. The summed E-state index contributed by atoms with van der Waals surface area (Å²) in [5.41, 5.74) is 3.23. The van der Waals surface area contributed by atoms with Crippen LogP contribution in [0.2, 0.25) is 0 Å². The third-order valence-electron chi connectivity index (χ3n) is 4.48. The van der Waals surface area contributed by atoms with Crippen LogP contribution in [0.1, 0.15) is 63.3 Å². The van der Waals surface area contributed by atoms with E-state index in [2.05, 4.69) is 34.8 Å². The van der Waals surface area contributed by atoms with Crippen molar-refractivity contribution < 1.29 is 9.53 Å². The topological polar surface area (TPSA) is 50.7 Å². The van der Waals surface area contributed by atoms with Gasteiger partial charge < -0.3 is 10.1 Å². The minimum Gasteiger partial charge on any atom is -0.444 e. The molecule has 1 amide bonds. The zero-order chi connectivity index (χ0) is 17.7. The molecule has 0 radical (unpaired) electrons. The molecule has 2 rings (SSSR count). The molecule has 1 aromatic rings. The summed E-state index contributed by atoms with van der Waals surface area (Å²) in [5.74, 6) is 0. The van der Waals surface area contributed by atoms with Crippen molar-refractivity contribution in [2.75, 3.05) is 12.8 Å². The molecule has 0 bridgehead atoms. The third-order valence-corrected chi connectivity index (χ3v) is 5.23. The molecule has 0 saturated heterocycles. The van der Waals surface area contributed by atoms with E-state index in [1.807, 2.05) is 27.7 Å². The Labute approximate surface area is 149 Å². The first-order chi connectivity index (χ1) is 11.4. The average molecular weight is 349 g/mol. The molecule has 0 aliphatic heterocycles. The van der Waals surface area contributed by atoms with Crippen LogP contribution in [-0.2, 0) is 11.2 Å². The van der Waals surface area contributed by atoms with Crippen molar-refractivity contribution in [3.8, 4) is 0 Å². The Kier molecular flexibility index (Phi) is 6.33. The highest BCUT2D eigenvalue weighted by molar-refractivity contribution is 8.13. The normalized spacial score (nSPS) is 17.5. The van der Waals surface area contributed by atoms with Crippen LogP contribution in [0.4, 0.5) is 4.79 Å². The summed E-state index contributed by atoms with van der Waals surface area (Å²) < 4.78 is 5.50. The largest absolute Gasteiger partial charge is 0.444 e. The highest BCUT2D eigenvalue weighted by Crippen LogP contribution is 2.32. The van der Waals surface area contributed by atoms with Crippen molar-refractivity contribution >= 4 is 22.9 Å². The van der Waals surface area contributed by atoms with E-state index in [0.29, 0.717) is 0 Å². The van der Waals surface area contributed by atoms with Gasteiger partial charge in [-0.3, -0.25) is 4.99 Å². The zero-order valence-electron chi connectivity index (χ0n) is 15.3. The quantitative estimate of drug-likeness (QED) is 0.619. The van der Waals surface area contributed by atoms with Gasteiger partial charge in [-0.1, -0.05) is 19.1 Å². The number of hydrogen-bond donors (Lipinski definition) is 1. The second kappa shape index (κ2) is 8.06. The number of hydrogen-bond acceptors (Lipinski definition) is 4. The number of aryl methyl sites for hydroxylation is 1. The van der Waals surface area contributed by atoms with Gasteiger partial charge in [0.25, 0.3) is 0 Å². The number of benzene rings is 1. The van der Waals surface area contributed by atoms with Crippen molar-refractivity contribution in [3.05, 3.63) is 34.9 Å². The number of thioether (sulfide) groups is 1. The van der Waals surface area contributed by atoms with Gasteiger partial charge in [-0.25, -0.2) is 4.79 Å². The molecular weight excluding hydrogens is 320 g/mol. The first-order valence-corrected chi connectivity index (χ1v) is 9.83. The number of nitrogens with one attached hydrogen (secondary N) is 1. The molecule has 0 spiro atoms. The maximum absolute atomic E-state index is 12.1. The Bertz CT molecular complexity index is 626. The molecular formula is C19H28N2O2S. The number of carbonyl (C=O) groups excluding carboxylic acids is 1. The molecule has 1 aromatic carbocycles. The van der Waals surface area contributed by atoms with Crippen LogP contribution in [0.15, 0.2) is 23.2 Å². The first-order valence-electron chi connectivity index (χ1n) is 8.61. The van der Waals surface area contributed by atoms with Crippen molar-refractivity contribution in [2.24, 2.45) is 4.99 Å². The molecule has 24 heavy (non-hydrogen) atoms. The van der Waals surface area contributed by atoms with E-state index in [-0.39, 0.29) is 12.1 Å². The van der Waals surface area contributed by atoms with E-state index in [9.17, 15) is 4.79 Å². The fourth-order valence-corrected chi connectivity index (χ4v) is 3.43. The van der Waals surface area contributed by atoms with Gasteiger partial charge in [-0.2, -0.15) is 0 Å². The summed E-state index contributed by atoms with van der Waals surface area (Å²) in [6, 6.07) is 6.47. The van der Waals surface area contributed by atoms with Gasteiger partial charge in [-0.15, -0.1) is 11.8 Å². The summed E-state index contributed by atoms with van der Waals surface area (Å²) in [4.78, 5) is 16.7. The molecule has 0 aromatic heterocycles. The summed E-state index contributed by atoms with van der Waals surface area (Å²) >= 11 is 1.67. The van der Waals surface area contributed by atoms with Crippen LogP contribution in [0.25, 0.3) is 0 Å². The number of rotatable bonds is 5. The van der Waals surface area contributed by atoms with E-state index < -0.39 is 5.60 Å². The van der Waals surface area contributed by atoms with Crippen LogP contribution >= 0.6 is 11.8 Å². The number of fused-ring (bicyclic) bond motifs is 1. The van der Waals surface area contributed by atoms with Crippen LogP contribution in [0.3, 0.4) is 0 Å². The Morgan fingerprint density at radius 1 is 1.42 bits per heavy atom. The highest BCUT2D eigenvalue weighted by Gasteiger charge is 2.27. The fraction of sp³-hybridized carbons (Fsp3) is 0.579. The fourth-order valence-electron chi connectivity index (χ4n) is 2.81. The lowest BCUT2D eigenvalue weighted by Crippen LogP contribution is -2.35. The Morgan fingerprint density at radius 3 is 2.79 bits per heavy atom. The smallest absolute Gasteiger partial charge is 0.408 e. The van der Waals surface area contributed by atoms with Crippen LogP contribution in [-0.4, -0.2) is 29.5 Å². The lowest BCUT2D eigenvalue weighted by Gasteiger charge is -2.25. The van der Waals surface area contributed by atoms with Gasteiger partial charge in [-0.05, 0) is 63.5 Å². The Morgan fingerprint density at radius 2 is 2.17 bits per heavy atom. The standard InChI is InChI=1S/C19H28N2O2S/c1-6-19(3,4)23-18(22)21-16-11-9-13-12-14(8-10-15(13)16)17(24-5)20-7-2/h8,10,12,16H,6-7,9,11H2,1-5H3,(H,21,22). The number of aliphatic imine (C=N–C) groups is 1. The minimum absolute atomic E-state index is 0.0371. The maximum atomic E-state index is 12.1. The predicted molar refractivity (Wildman–Crippen MR) is 102 cm³/mol. The number of alkyl carbamates (subject to hydrolysis) is 1. The minimum atomic E-state index is -0.431. The van der Waals surface area contributed by atoms with Gasteiger partial charge in [0.2, 0.25) is 0 Å². The number of ether oxygens (including phenoxy) is 1. The molecule has 0 fully saturated rings. The molecule has 4 nitrogen and oxygen atoms in total. The van der Waals surface area contributed by atoms with Gasteiger partial charge in [0.1, 0.15) is 5.60 Å². The number of carbonyl (C=O) groups is 1. The van der Waals surface area contributed by atoms with E-state index in [0.717, 1.165) is 30.9 Å². The van der Waals surface area contributed by atoms with E-state index in [4.69, 9.17) is 4.74 Å². The summed E-state index contributed by atoms with van der Waals surface area (Å²) in [7, 11) is 0. The SMILES string of the molecule is CCN=C(SC)c1ccc2c(c1)CCC2NC(=O)OC(C)(C)CC. The van der Waals surface area contributed by atoms with Crippen LogP contribution in [0.5, 0.6) is 0 Å². The molecule has 1 unspecified atom stereocenters. The van der Waals surface area contributed by atoms with Gasteiger partial charge in [0, 0.05) is 12.1 Å². The lowest BCUT2D eigenvalue weighted by molar-refractivity contribution is 0.0342. The van der Waals surface area contributed by atoms with Gasteiger partial charge in [0.05, 0.1) is 11.1 Å². The van der Waals surface area contributed by atoms with E-state index in [1.165, 1.54) is 16.7 Å². The monoisotopic (exact) mass is 348 g/mol. The maximum Gasteiger partial charge on any atom is 0.408 e. The number of nitrogens with zero attached hydrogens (tertiary/aromatic N) is 1. The summed E-state index contributed by atoms with van der Waals surface area (Å²) in [6.07, 6.45) is 4.40. The molecule has 0 heterocycles. The van der Waals surface area contributed by atoms with Crippen molar-refractivity contribution in [1.82, 2.24) is 5.32 Å². The lowest BCUT2D eigenvalue weighted by atomic mass is 10.0. The highest BCUT2D eigenvalue weighted by atomic mass is 32.2. The van der Waals surface area contributed by atoms with Crippen LogP contribution in [0, 0.1) is 0 Å². The first kappa shape index (κ1) is 18.8. The second-order valence-electron chi connectivity index (χ2n) is 6.64. The molecule has 1 aliphatic carbocycles. The van der Waals surface area contributed by atoms with Gasteiger partial charge in [0.15, 0.2) is 0 Å². The molecule has 132 valence electrons. The van der Waals surface area contributed by atoms with Crippen LogP contribution < -0.4 is 5.32 Å². The summed E-state index contributed by atoms with van der Waals surface area (Å²) in [5, 5.41) is 4.09. The second-order valence-corrected chi connectivity index (χ2v) is 7.43. The molecule has 5 heteroatoms. The molecule has 0 saturated carbocycles. The van der Waals surface area contributed by atoms with E-state index >= 15 is 0 Å². The van der Waals surface area contributed by atoms with Crippen molar-refractivity contribution in [2.45, 2.75) is 58.6 Å².